The number of hydrogen-bond acceptors (Lipinski definition) is 3. The largest absolute Gasteiger partial charge is 0.336 e. The number of amides is 1. The molecule has 1 aromatic rings. The summed E-state index contributed by atoms with van der Waals surface area (Å²) in [6, 6.07) is 7.93. The maximum absolute atomic E-state index is 12.8. The molecule has 4 aliphatic rings. The second-order valence-corrected chi connectivity index (χ2v) is 10.1. The van der Waals surface area contributed by atoms with Gasteiger partial charge in [0, 0.05) is 51.4 Å². The fraction of sp³-hybridized carbons (Fsp3) is 0.654. The number of likely N-dealkylation sites (N-methyl/N-ethyl adjacent to an activating group) is 1. The predicted octanol–water partition coefficient (Wildman–Crippen LogP) is 4.07. The van der Waals surface area contributed by atoms with Gasteiger partial charge in [-0.15, -0.1) is 0 Å². The lowest BCUT2D eigenvalue weighted by Gasteiger charge is -2.57. The first-order valence-corrected chi connectivity index (χ1v) is 11.9. The van der Waals surface area contributed by atoms with Crippen LogP contribution in [0, 0.1) is 24.2 Å². The summed E-state index contributed by atoms with van der Waals surface area (Å²) in [7, 11) is 0. The summed E-state index contributed by atoms with van der Waals surface area (Å²) in [6.07, 6.45) is 5.24. The van der Waals surface area contributed by atoms with E-state index in [0.29, 0.717) is 5.41 Å². The molecule has 0 radical (unpaired) electrons. The number of benzene rings is 1. The molecule has 4 heteroatoms. The average molecular weight is 410 g/mol. The van der Waals surface area contributed by atoms with Crippen LogP contribution in [0.2, 0.25) is 0 Å². The van der Waals surface area contributed by atoms with Crippen molar-refractivity contribution in [3.8, 4) is 0 Å². The van der Waals surface area contributed by atoms with E-state index in [4.69, 9.17) is 0 Å². The van der Waals surface area contributed by atoms with Crippen molar-refractivity contribution in [1.82, 2.24) is 14.7 Å². The van der Waals surface area contributed by atoms with Gasteiger partial charge in [-0.2, -0.15) is 0 Å². The third kappa shape index (κ3) is 4.22. The van der Waals surface area contributed by atoms with Crippen molar-refractivity contribution >= 4 is 5.91 Å². The molecule has 1 saturated heterocycles. The highest BCUT2D eigenvalue weighted by Crippen LogP contribution is 2.59. The minimum Gasteiger partial charge on any atom is -0.336 e. The third-order valence-corrected chi connectivity index (χ3v) is 8.20. The molecule has 3 aliphatic carbocycles. The Bertz CT molecular complexity index is 791. The van der Waals surface area contributed by atoms with Crippen molar-refractivity contribution in [3.05, 3.63) is 47.0 Å². The number of fused-ring (bicyclic) bond motifs is 1. The van der Waals surface area contributed by atoms with Crippen LogP contribution in [-0.4, -0.2) is 73.0 Å². The summed E-state index contributed by atoms with van der Waals surface area (Å²) in [4.78, 5) is 20.0. The van der Waals surface area contributed by atoms with Crippen molar-refractivity contribution in [2.24, 2.45) is 17.3 Å². The number of carbonyl (C=O) groups is 1. The molecule has 1 heterocycles. The van der Waals surface area contributed by atoms with Gasteiger partial charge in [0.25, 0.3) is 5.91 Å². The standard InChI is InChI=1S/C26H39N3O/c1-5-27(19-21-10-11-22-18-24(21)26(22,3)4)12-13-28-14-16-29(17-15-28)25(30)23-9-7-6-8-20(23)2/h6-10,22,24H,5,11-19H2,1-4H3. The molecular formula is C26H39N3O. The zero-order valence-corrected chi connectivity index (χ0v) is 19.4. The monoisotopic (exact) mass is 409 g/mol. The van der Waals surface area contributed by atoms with E-state index in [1.54, 1.807) is 5.57 Å². The van der Waals surface area contributed by atoms with Gasteiger partial charge in [-0.25, -0.2) is 0 Å². The van der Waals surface area contributed by atoms with Crippen LogP contribution in [0.25, 0.3) is 0 Å². The zero-order valence-electron chi connectivity index (χ0n) is 19.4. The Labute approximate surface area is 182 Å². The molecule has 2 atom stereocenters. The van der Waals surface area contributed by atoms with E-state index in [1.807, 2.05) is 36.1 Å². The maximum atomic E-state index is 12.8. The molecule has 164 valence electrons. The van der Waals surface area contributed by atoms with Crippen LogP contribution in [0.4, 0.5) is 0 Å². The Morgan fingerprint density at radius 3 is 2.53 bits per heavy atom. The molecule has 5 rings (SSSR count). The van der Waals surface area contributed by atoms with Gasteiger partial charge in [-0.1, -0.05) is 50.6 Å². The van der Waals surface area contributed by atoms with Gasteiger partial charge in [0.05, 0.1) is 0 Å². The van der Waals surface area contributed by atoms with Crippen LogP contribution in [0.1, 0.15) is 49.5 Å². The van der Waals surface area contributed by atoms with Crippen molar-refractivity contribution < 1.29 is 4.79 Å². The molecule has 2 fully saturated rings. The number of aryl methyl sites for hydroxylation is 1. The lowest BCUT2D eigenvalue weighted by atomic mass is 9.49. The van der Waals surface area contributed by atoms with E-state index < -0.39 is 0 Å². The van der Waals surface area contributed by atoms with Crippen molar-refractivity contribution in [2.75, 3.05) is 52.4 Å². The van der Waals surface area contributed by atoms with Gasteiger partial charge in [-0.3, -0.25) is 14.6 Å². The Kier molecular flexibility index (Phi) is 6.36. The van der Waals surface area contributed by atoms with E-state index in [2.05, 4.69) is 36.6 Å². The topological polar surface area (TPSA) is 26.8 Å². The van der Waals surface area contributed by atoms with Gasteiger partial charge in [-0.05, 0) is 55.2 Å². The first kappa shape index (κ1) is 21.6. The van der Waals surface area contributed by atoms with Crippen LogP contribution < -0.4 is 0 Å². The molecule has 0 N–H and O–H groups in total. The fourth-order valence-corrected chi connectivity index (χ4v) is 5.70. The normalized spacial score (nSPS) is 25.8. The number of hydrogen-bond donors (Lipinski definition) is 0. The first-order valence-electron chi connectivity index (χ1n) is 11.9. The molecule has 4 nitrogen and oxygen atoms in total. The van der Waals surface area contributed by atoms with Gasteiger partial charge in [0.2, 0.25) is 0 Å². The SMILES string of the molecule is CCN(CCN1CCN(C(=O)c2ccccc2C)CC1)CC1=CCC2CC1C2(C)C. The average Bonchev–Trinajstić information content (AvgIpc) is 2.76. The van der Waals surface area contributed by atoms with Crippen molar-refractivity contribution in [1.29, 1.82) is 0 Å². The van der Waals surface area contributed by atoms with Gasteiger partial charge in [0.15, 0.2) is 0 Å². The Morgan fingerprint density at radius 1 is 1.17 bits per heavy atom. The quantitative estimate of drug-likeness (QED) is 0.635. The molecule has 1 amide bonds. The second kappa shape index (κ2) is 8.84. The highest BCUT2D eigenvalue weighted by atomic mass is 16.2. The molecule has 0 aromatic heterocycles. The minimum atomic E-state index is 0.189. The highest BCUT2D eigenvalue weighted by molar-refractivity contribution is 5.95. The Balaban J connectivity index is 1.24. The molecular weight excluding hydrogens is 370 g/mol. The molecule has 30 heavy (non-hydrogen) atoms. The number of allylic oxidation sites excluding steroid dienone is 1. The Morgan fingerprint density at radius 2 is 1.90 bits per heavy atom. The number of piperazine rings is 1. The predicted molar refractivity (Wildman–Crippen MR) is 124 cm³/mol. The van der Waals surface area contributed by atoms with E-state index in [1.165, 1.54) is 12.8 Å². The maximum Gasteiger partial charge on any atom is 0.254 e. The smallest absolute Gasteiger partial charge is 0.254 e. The van der Waals surface area contributed by atoms with E-state index in [9.17, 15) is 4.79 Å². The number of rotatable bonds is 7. The van der Waals surface area contributed by atoms with E-state index in [0.717, 1.165) is 75.3 Å². The van der Waals surface area contributed by atoms with Crippen LogP contribution in [-0.2, 0) is 0 Å². The van der Waals surface area contributed by atoms with Crippen molar-refractivity contribution in [3.63, 3.8) is 0 Å². The minimum absolute atomic E-state index is 0.189. The van der Waals surface area contributed by atoms with Gasteiger partial charge < -0.3 is 4.90 Å². The second-order valence-electron chi connectivity index (χ2n) is 10.1. The summed E-state index contributed by atoms with van der Waals surface area (Å²) in [5, 5.41) is 0. The van der Waals surface area contributed by atoms with E-state index in [-0.39, 0.29) is 5.91 Å². The number of carbonyl (C=O) groups excluding carboxylic acids is 1. The van der Waals surface area contributed by atoms with Crippen molar-refractivity contribution in [2.45, 2.75) is 40.5 Å². The van der Waals surface area contributed by atoms with Crippen LogP contribution >= 0.6 is 0 Å². The van der Waals surface area contributed by atoms with E-state index >= 15 is 0 Å². The molecule has 0 spiro atoms. The summed E-state index contributed by atoms with van der Waals surface area (Å²) >= 11 is 0. The lowest BCUT2D eigenvalue weighted by molar-refractivity contribution is -0.0108. The highest BCUT2D eigenvalue weighted by Gasteiger charge is 2.51. The summed E-state index contributed by atoms with van der Waals surface area (Å²) in [5.74, 6) is 1.91. The molecule has 1 aromatic carbocycles. The van der Waals surface area contributed by atoms with Crippen LogP contribution in [0.3, 0.4) is 0 Å². The fourth-order valence-electron chi connectivity index (χ4n) is 5.70. The summed E-state index contributed by atoms with van der Waals surface area (Å²) in [5.41, 5.74) is 4.13. The molecule has 1 aliphatic heterocycles. The summed E-state index contributed by atoms with van der Waals surface area (Å²) in [6.45, 7) is 17.4. The van der Waals surface area contributed by atoms with Crippen LogP contribution in [0.15, 0.2) is 35.9 Å². The Hall–Kier alpha value is -1.65. The third-order valence-electron chi connectivity index (χ3n) is 8.20. The lowest BCUT2D eigenvalue weighted by Crippen LogP contribution is -2.51. The summed E-state index contributed by atoms with van der Waals surface area (Å²) < 4.78 is 0. The molecule has 1 saturated carbocycles. The molecule has 2 unspecified atom stereocenters. The molecule has 2 bridgehead atoms. The first-order chi connectivity index (χ1) is 14.4. The van der Waals surface area contributed by atoms with Gasteiger partial charge >= 0.3 is 0 Å². The number of nitrogens with zero attached hydrogens (tertiary/aromatic N) is 3. The zero-order chi connectivity index (χ0) is 21.3. The van der Waals surface area contributed by atoms with Gasteiger partial charge in [0.1, 0.15) is 0 Å². The van der Waals surface area contributed by atoms with Crippen LogP contribution in [0.5, 0.6) is 0 Å².